The second kappa shape index (κ2) is 17.6. The minimum atomic E-state index is -0.127. The van der Waals surface area contributed by atoms with Gasteiger partial charge in [-0.1, -0.05) is 79.6 Å². The third-order valence-electron chi connectivity index (χ3n) is 3.35. The second-order valence-corrected chi connectivity index (χ2v) is 6.18. The highest BCUT2D eigenvalue weighted by Gasteiger charge is 2.00. The van der Waals surface area contributed by atoms with Gasteiger partial charge in [0, 0.05) is 18.2 Å². The Bertz CT molecular complexity index is 291. The maximum Gasteiger partial charge on any atom is 0.306 e. The third-order valence-corrected chi connectivity index (χ3v) is 3.91. The molecule has 0 bridgehead atoms. The summed E-state index contributed by atoms with van der Waals surface area (Å²) < 4.78 is 5.04. The van der Waals surface area contributed by atoms with E-state index in [1.54, 1.807) is 0 Å². The van der Waals surface area contributed by atoms with Crippen LogP contribution in [0.25, 0.3) is 0 Å². The fourth-order valence-electron chi connectivity index (χ4n) is 2.04. The average molecular weight is 359 g/mol. The minimum Gasteiger partial charge on any atom is -0.452 e. The summed E-state index contributed by atoms with van der Waals surface area (Å²) in [6.07, 6.45) is 13.9. The van der Waals surface area contributed by atoms with E-state index in [2.05, 4.69) is 34.7 Å². The SMILES string of the molecule is CCCCCCCCCCC#CCOC(=O)CCCCBr. The first-order chi connectivity index (χ1) is 10.3. The lowest BCUT2D eigenvalue weighted by Crippen LogP contribution is -2.04. The molecule has 0 N–H and O–H groups in total. The van der Waals surface area contributed by atoms with Crippen LogP contribution in [-0.2, 0) is 9.53 Å². The summed E-state index contributed by atoms with van der Waals surface area (Å²) in [4.78, 5) is 11.3. The van der Waals surface area contributed by atoms with Gasteiger partial charge in [-0.25, -0.2) is 0 Å². The summed E-state index contributed by atoms with van der Waals surface area (Å²) in [5.41, 5.74) is 0. The lowest BCUT2D eigenvalue weighted by Gasteiger charge is -2.00. The highest BCUT2D eigenvalue weighted by Crippen LogP contribution is 2.09. The van der Waals surface area contributed by atoms with Crippen molar-refractivity contribution in [2.24, 2.45) is 0 Å². The number of esters is 1. The molecule has 0 atom stereocenters. The zero-order chi connectivity index (χ0) is 15.6. The monoisotopic (exact) mass is 358 g/mol. The molecule has 0 aromatic rings. The predicted molar refractivity (Wildman–Crippen MR) is 93.6 cm³/mol. The van der Waals surface area contributed by atoms with Crippen LogP contribution in [0.1, 0.15) is 84.0 Å². The van der Waals surface area contributed by atoms with Crippen molar-refractivity contribution in [1.82, 2.24) is 0 Å². The van der Waals surface area contributed by atoms with Gasteiger partial charge in [0.05, 0.1) is 0 Å². The van der Waals surface area contributed by atoms with Crippen LogP contribution in [0.15, 0.2) is 0 Å². The molecule has 0 unspecified atom stereocenters. The van der Waals surface area contributed by atoms with Crippen LogP contribution in [0.3, 0.4) is 0 Å². The number of carbonyl (C=O) groups is 1. The van der Waals surface area contributed by atoms with E-state index >= 15 is 0 Å². The van der Waals surface area contributed by atoms with Crippen LogP contribution in [-0.4, -0.2) is 17.9 Å². The molecule has 0 radical (unpaired) electrons. The Morgan fingerprint density at radius 2 is 1.57 bits per heavy atom. The molecule has 0 aliphatic carbocycles. The molecule has 0 aromatic heterocycles. The number of carbonyl (C=O) groups excluding carboxylic acids is 1. The molecule has 0 aromatic carbocycles. The maximum atomic E-state index is 11.3. The van der Waals surface area contributed by atoms with Crippen molar-refractivity contribution in [3.05, 3.63) is 0 Å². The molecular formula is C18H31BrO2. The first-order valence-electron chi connectivity index (χ1n) is 8.48. The van der Waals surface area contributed by atoms with Crippen LogP contribution < -0.4 is 0 Å². The van der Waals surface area contributed by atoms with Crippen molar-refractivity contribution in [1.29, 1.82) is 0 Å². The molecule has 122 valence electrons. The van der Waals surface area contributed by atoms with E-state index in [1.807, 2.05) is 0 Å². The summed E-state index contributed by atoms with van der Waals surface area (Å²) in [5.74, 6) is 5.88. The zero-order valence-corrected chi connectivity index (χ0v) is 15.2. The minimum absolute atomic E-state index is 0.127. The average Bonchev–Trinajstić information content (AvgIpc) is 2.48. The third kappa shape index (κ3) is 17.5. The van der Waals surface area contributed by atoms with E-state index in [4.69, 9.17) is 4.74 Å². The van der Waals surface area contributed by atoms with Gasteiger partial charge in [0.15, 0.2) is 6.61 Å². The number of unbranched alkanes of at least 4 members (excludes halogenated alkanes) is 9. The van der Waals surface area contributed by atoms with Gasteiger partial charge in [-0.15, -0.1) is 0 Å². The van der Waals surface area contributed by atoms with Gasteiger partial charge >= 0.3 is 5.97 Å². The number of hydrogen-bond donors (Lipinski definition) is 0. The molecule has 0 saturated heterocycles. The number of rotatable bonds is 13. The van der Waals surface area contributed by atoms with E-state index in [1.165, 1.54) is 51.4 Å². The highest BCUT2D eigenvalue weighted by atomic mass is 79.9. The molecule has 2 nitrogen and oxygen atoms in total. The largest absolute Gasteiger partial charge is 0.452 e. The molecule has 0 aliphatic rings. The van der Waals surface area contributed by atoms with Crippen molar-refractivity contribution < 1.29 is 9.53 Å². The topological polar surface area (TPSA) is 26.3 Å². The van der Waals surface area contributed by atoms with Gasteiger partial charge in [-0.05, 0) is 19.3 Å². The Balaban J connectivity index is 3.24. The lowest BCUT2D eigenvalue weighted by molar-refractivity contribution is -0.142. The first-order valence-corrected chi connectivity index (χ1v) is 9.60. The summed E-state index contributed by atoms with van der Waals surface area (Å²) in [5, 5.41) is 0.943. The summed E-state index contributed by atoms with van der Waals surface area (Å²) in [7, 11) is 0. The van der Waals surface area contributed by atoms with Crippen LogP contribution in [0.2, 0.25) is 0 Å². The number of hydrogen-bond acceptors (Lipinski definition) is 2. The molecule has 3 heteroatoms. The molecular weight excluding hydrogens is 328 g/mol. The molecule has 0 saturated carbocycles. The number of alkyl halides is 1. The highest BCUT2D eigenvalue weighted by molar-refractivity contribution is 9.09. The lowest BCUT2D eigenvalue weighted by atomic mass is 10.1. The zero-order valence-electron chi connectivity index (χ0n) is 13.6. The van der Waals surface area contributed by atoms with Crippen LogP contribution in [0, 0.1) is 11.8 Å². The molecule has 21 heavy (non-hydrogen) atoms. The van der Waals surface area contributed by atoms with Gasteiger partial charge in [0.1, 0.15) is 0 Å². The Labute approximate surface area is 139 Å². The van der Waals surface area contributed by atoms with E-state index in [-0.39, 0.29) is 12.6 Å². The quantitative estimate of drug-likeness (QED) is 0.184. The van der Waals surface area contributed by atoms with Crippen LogP contribution >= 0.6 is 15.9 Å². The predicted octanol–water partition coefficient (Wildman–Crippen LogP) is 5.63. The van der Waals surface area contributed by atoms with Gasteiger partial charge in [-0.2, -0.15) is 0 Å². The summed E-state index contributed by atoms with van der Waals surface area (Å²) >= 11 is 3.34. The smallest absolute Gasteiger partial charge is 0.306 e. The summed E-state index contributed by atoms with van der Waals surface area (Å²) in [6, 6.07) is 0. The molecule has 0 spiro atoms. The Hall–Kier alpha value is -0.490. The fourth-order valence-corrected chi connectivity index (χ4v) is 2.44. The van der Waals surface area contributed by atoms with Gasteiger partial charge in [0.25, 0.3) is 0 Å². The number of halogens is 1. The van der Waals surface area contributed by atoms with Crippen molar-refractivity contribution in [2.75, 3.05) is 11.9 Å². The van der Waals surface area contributed by atoms with Crippen molar-refractivity contribution in [3.8, 4) is 11.8 Å². The van der Waals surface area contributed by atoms with Crippen LogP contribution in [0.4, 0.5) is 0 Å². The Morgan fingerprint density at radius 3 is 2.24 bits per heavy atom. The standard InChI is InChI=1S/C18H31BrO2/c1-2-3-4-5-6-7-8-9-10-11-14-17-21-18(20)15-12-13-16-19/h2-10,12-13,15-17H2,1H3. The first kappa shape index (κ1) is 20.5. The van der Waals surface area contributed by atoms with Crippen molar-refractivity contribution in [2.45, 2.75) is 84.0 Å². The van der Waals surface area contributed by atoms with Gasteiger partial charge < -0.3 is 4.74 Å². The fraction of sp³-hybridized carbons (Fsp3) is 0.833. The molecule has 0 amide bonds. The molecule has 0 aliphatic heterocycles. The van der Waals surface area contributed by atoms with E-state index in [9.17, 15) is 4.79 Å². The van der Waals surface area contributed by atoms with E-state index in [0.717, 1.165) is 24.6 Å². The Morgan fingerprint density at radius 1 is 0.905 bits per heavy atom. The van der Waals surface area contributed by atoms with E-state index in [0.29, 0.717) is 6.42 Å². The maximum absolute atomic E-state index is 11.3. The van der Waals surface area contributed by atoms with Crippen molar-refractivity contribution >= 4 is 21.9 Å². The van der Waals surface area contributed by atoms with Crippen LogP contribution in [0.5, 0.6) is 0 Å². The number of ether oxygens (including phenoxy) is 1. The van der Waals surface area contributed by atoms with E-state index < -0.39 is 0 Å². The van der Waals surface area contributed by atoms with Gasteiger partial charge in [0.2, 0.25) is 0 Å². The molecule has 0 rings (SSSR count). The molecule has 0 fully saturated rings. The van der Waals surface area contributed by atoms with Crippen molar-refractivity contribution in [3.63, 3.8) is 0 Å². The van der Waals surface area contributed by atoms with Gasteiger partial charge in [-0.3, -0.25) is 4.79 Å². The summed E-state index contributed by atoms with van der Waals surface area (Å²) in [6.45, 7) is 2.50. The normalized spacial score (nSPS) is 10.0. The second-order valence-electron chi connectivity index (χ2n) is 5.39. The molecule has 0 heterocycles. The Kier molecular flexibility index (Phi) is 17.2.